The monoisotopic (exact) mass is 255 g/mol. The van der Waals surface area contributed by atoms with Crippen molar-refractivity contribution in [2.75, 3.05) is 33.7 Å². The Bertz CT molecular complexity index is 291. The number of carbonyl (C=O) groups is 1. The summed E-state index contributed by atoms with van der Waals surface area (Å²) in [5, 5.41) is 6.47. The van der Waals surface area contributed by atoms with E-state index < -0.39 is 0 Å². The second kappa shape index (κ2) is 5.57. The van der Waals surface area contributed by atoms with Gasteiger partial charge in [0.25, 0.3) is 0 Å². The largest absolute Gasteiger partial charge is 0.354 e. The quantitative estimate of drug-likeness (QED) is 0.772. The van der Waals surface area contributed by atoms with Gasteiger partial charge in [-0.25, -0.2) is 0 Å². The lowest BCUT2D eigenvalue weighted by Gasteiger charge is -2.36. The molecule has 0 aromatic heterocycles. The zero-order valence-electron chi connectivity index (χ0n) is 12.8. The third kappa shape index (κ3) is 3.04. The molecule has 2 N–H and O–H groups in total. The number of rotatable bonds is 5. The highest BCUT2D eigenvalue weighted by Crippen LogP contribution is 2.34. The Labute approximate surface area is 111 Å². The van der Waals surface area contributed by atoms with Crippen LogP contribution in [0.25, 0.3) is 0 Å². The van der Waals surface area contributed by atoms with Crippen molar-refractivity contribution in [2.24, 2.45) is 11.3 Å². The van der Waals surface area contributed by atoms with Crippen LogP contribution in [0, 0.1) is 11.3 Å². The predicted octanol–water partition coefficient (Wildman–Crippen LogP) is 1.08. The van der Waals surface area contributed by atoms with Crippen LogP contribution in [0.2, 0.25) is 0 Å². The number of carbonyl (C=O) groups excluding carboxylic acids is 1. The third-order valence-electron chi connectivity index (χ3n) is 4.64. The summed E-state index contributed by atoms with van der Waals surface area (Å²) < 4.78 is 0. The Morgan fingerprint density at radius 2 is 2.06 bits per heavy atom. The molecule has 106 valence electrons. The Hall–Kier alpha value is -0.610. The first-order valence-corrected chi connectivity index (χ1v) is 6.89. The molecule has 1 saturated heterocycles. The molecular formula is C14H29N3O. The van der Waals surface area contributed by atoms with Gasteiger partial charge in [-0.2, -0.15) is 0 Å². The van der Waals surface area contributed by atoms with Crippen LogP contribution in [-0.4, -0.2) is 50.1 Å². The van der Waals surface area contributed by atoms with Gasteiger partial charge >= 0.3 is 0 Å². The van der Waals surface area contributed by atoms with Crippen LogP contribution in [0.3, 0.4) is 0 Å². The molecule has 1 fully saturated rings. The maximum atomic E-state index is 12.5. The van der Waals surface area contributed by atoms with E-state index in [1.807, 2.05) is 14.1 Å². The van der Waals surface area contributed by atoms with Gasteiger partial charge in [-0.3, -0.25) is 4.79 Å². The fourth-order valence-corrected chi connectivity index (χ4v) is 2.29. The Morgan fingerprint density at radius 3 is 2.44 bits per heavy atom. The minimum Gasteiger partial charge on any atom is -0.354 e. The van der Waals surface area contributed by atoms with Gasteiger partial charge in [0.2, 0.25) is 5.91 Å². The SMILES string of the molecule is CC(C)C1(C(=O)NCC(C)(C)N(C)C)CCNC1. The second-order valence-corrected chi connectivity index (χ2v) is 6.63. The highest BCUT2D eigenvalue weighted by atomic mass is 16.2. The van der Waals surface area contributed by atoms with E-state index in [1.165, 1.54) is 0 Å². The zero-order valence-corrected chi connectivity index (χ0v) is 12.8. The van der Waals surface area contributed by atoms with Gasteiger partial charge in [-0.05, 0) is 46.8 Å². The minimum absolute atomic E-state index is 0.0140. The lowest BCUT2D eigenvalue weighted by atomic mass is 9.75. The van der Waals surface area contributed by atoms with Crippen molar-refractivity contribution in [3.8, 4) is 0 Å². The highest BCUT2D eigenvalue weighted by molar-refractivity contribution is 5.83. The lowest BCUT2D eigenvalue weighted by molar-refractivity contribution is -0.133. The summed E-state index contributed by atoms with van der Waals surface area (Å²) in [5.74, 6) is 0.576. The Balaban J connectivity index is 2.64. The first-order valence-electron chi connectivity index (χ1n) is 6.89. The molecule has 1 amide bonds. The molecule has 0 spiro atoms. The standard InChI is InChI=1S/C14H29N3O/c1-11(2)14(7-8-15-10-14)12(18)16-9-13(3,4)17(5)6/h11,15H,7-10H2,1-6H3,(H,16,18). The summed E-state index contributed by atoms with van der Waals surface area (Å²) in [6.45, 7) is 11.0. The van der Waals surface area contributed by atoms with Crippen molar-refractivity contribution in [1.82, 2.24) is 15.5 Å². The maximum Gasteiger partial charge on any atom is 0.227 e. The smallest absolute Gasteiger partial charge is 0.227 e. The average molecular weight is 255 g/mol. The second-order valence-electron chi connectivity index (χ2n) is 6.63. The van der Waals surface area contributed by atoms with Gasteiger partial charge in [-0.15, -0.1) is 0 Å². The molecule has 4 nitrogen and oxygen atoms in total. The van der Waals surface area contributed by atoms with Crippen LogP contribution in [0.15, 0.2) is 0 Å². The first kappa shape index (κ1) is 15.4. The molecule has 1 rings (SSSR count). The molecule has 1 heterocycles. The summed E-state index contributed by atoms with van der Waals surface area (Å²) in [6.07, 6.45) is 0.943. The van der Waals surface area contributed by atoms with Gasteiger partial charge in [0, 0.05) is 18.6 Å². The van der Waals surface area contributed by atoms with Crippen LogP contribution >= 0.6 is 0 Å². The molecule has 1 aliphatic heterocycles. The first-order chi connectivity index (χ1) is 8.22. The van der Waals surface area contributed by atoms with Crippen molar-refractivity contribution in [3.05, 3.63) is 0 Å². The van der Waals surface area contributed by atoms with Gasteiger partial charge in [0.05, 0.1) is 5.41 Å². The van der Waals surface area contributed by atoms with E-state index in [0.29, 0.717) is 12.5 Å². The average Bonchev–Trinajstić information content (AvgIpc) is 2.76. The molecule has 0 radical (unpaired) electrons. The maximum absolute atomic E-state index is 12.5. The van der Waals surface area contributed by atoms with Crippen LogP contribution in [0.1, 0.15) is 34.1 Å². The number of nitrogens with zero attached hydrogens (tertiary/aromatic N) is 1. The number of nitrogens with one attached hydrogen (secondary N) is 2. The van der Waals surface area contributed by atoms with Crippen molar-refractivity contribution in [1.29, 1.82) is 0 Å². The van der Waals surface area contributed by atoms with Crippen molar-refractivity contribution >= 4 is 5.91 Å². The fraction of sp³-hybridized carbons (Fsp3) is 0.929. The molecule has 0 aliphatic carbocycles. The predicted molar refractivity (Wildman–Crippen MR) is 75.5 cm³/mol. The van der Waals surface area contributed by atoms with E-state index in [0.717, 1.165) is 19.5 Å². The van der Waals surface area contributed by atoms with E-state index in [-0.39, 0.29) is 16.9 Å². The highest BCUT2D eigenvalue weighted by Gasteiger charge is 2.44. The summed E-state index contributed by atoms with van der Waals surface area (Å²) >= 11 is 0. The third-order valence-corrected chi connectivity index (χ3v) is 4.64. The Kier molecular flexibility index (Phi) is 4.78. The lowest BCUT2D eigenvalue weighted by Crippen LogP contribution is -2.53. The molecule has 0 aromatic rings. The van der Waals surface area contributed by atoms with Crippen molar-refractivity contribution < 1.29 is 4.79 Å². The summed E-state index contributed by atoms with van der Waals surface area (Å²) in [7, 11) is 4.09. The van der Waals surface area contributed by atoms with E-state index in [4.69, 9.17) is 0 Å². The summed E-state index contributed by atoms with van der Waals surface area (Å²) in [5.41, 5.74) is -0.234. The zero-order chi connectivity index (χ0) is 14.0. The molecule has 4 heteroatoms. The number of amides is 1. The molecule has 18 heavy (non-hydrogen) atoms. The fourth-order valence-electron chi connectivity index (χ4n) is 2.29. The molecule has 1 unspecified atom stereocenters. The van der Waals surface area contributed by atoms with Gasteiger partial charge in [0.1, 0.15) is 0 Å². The number of likely N-dealkylation sites (N-methyl/N-ethyl adjacent to an activating group) is 1. The van der Waals surface area contributed by atoms with Crippen molar-refractivity contribution in [3.63, 3.8) is 0 Å². The van der Waals surface area contributed by atoms with E-state index in [9.17, 15) is 4.79 Å². The van der Waals surface area contributed by atoms with Crippen LogP contribution in [-0.2, 0) is 4.79 Å². The van der Waals surface area contributed by atoms with E-state index in [1.54, 1.807) is 0 Å². The molecular weight excluding hydrogens is 226 g/mol. The van der Waals surface area contributed by atoms with Crippen molar-refractivity contribution in [2.45, 2.75) is 39.7 Å². The van der Waals surface area contributed by atoms with E-state index in [2.05, 4.69) is 43.2 Å². The summed E-state index contributed by atoms with van der Waals surface area (Å²) in [4.78, 5) is 14.6. The van der Waals surface area contributed by atoms with Gasteiger partial charge < -0.3 is 15.5 Å². The molecule has 0 saturated carbocycles. The Morgan fingerprint density at radius 1 is 1.44 bits per heavy atom. The molecule has 0 bridgehead atoms. The van der Waals surface area contributed by atoms with Gasteiger partial charge in [-0.1, -0.05) is 13.8 Å². The van der Waals surface area contributed by atoms with Gasteiger partial charge in [0.15, 0.2) is 0 Å². The minimum atomic E-state index is -0.220. The topological polar surface area (TPSA) is 44.4 Å². The molecule has 1 atom stereocenters. The molecule has 0 aromatic carbocycles. The molecule has 1 aliphatic rings. The van der Waals surface area contributed by atoms with E-state index >= 15 is 0 Å². The van der Waals surface area contributed by atoms with Crippen LogP contribution < -0.4 is 10.6 Å². The number of hydrogen-bond donors (Lipinski definition) is 2. The van der Waals surface area contributed by atoms with Crippen LogP contribution in [0.5, 0.6) is 0 Å². The van der Waals surface area contributed by atoms with Crippen LogP contribution in [0.4, 0.5) is 0 Å². The normalized spacial score (nSPS) is 24.9. The number of hydrogen-bond acceptors (Lipinski definition) is 3. The summed E-state index contributed by atoms with van der Waals surface area (Å²) in [6, 6.07) is 0.